The Kier molecular flexibility index (Phi) is 2.47. The maximum atomic E-state index is 11.5. The van der Waals surface area contributed by atoms with Crippen molar-refractivity contribution in [3.8, 4) is 0 Å². The van der Waals surface area contributed by atoms with E-state index >= 15 is 0 Å². The van der Waals surface area contributed by atoms with E-state index in [4.69, 9.17) is 4.74 Å². The normalized spacial score (nSPS) is 10.9. The predicted molar refractivity (Wildman–Crippen MR) is 57.3 cm³/mol. The average Bonchev–Trinajstić information content (AvgIpc) is 2.61. The van der Waals surface area contributed by atoms with Crippen molar-refractivity contribution >= 4 is 17.0 Å². The number of hydrogen-bond donors (Lipinski definition) is 2. The Morgan fingerprint density at radius 1 is 1.50 bits per heavy atom. The number of rotatable bonds is 2. The molecule has 0 saturated carbocycles. The number of fused-ring (bicyclic) bond motifs is 1. The van der Waals surface area contributed by atoms with Crippen LogP contribution in [-0.2, 0) is 4.74 Å². The number of ether oxygens (including phenoxy) is 1. The Balaban J connectivity index is 2.44. The fourth-order valence-corrected chi connectivity index (χ4v) is 1.34. The highest BCUT2D eigenvalue weighted by molar-refractivity contribution is 5.93. The second kappa shape index (κ2) is 3.80. The first-order valence-electron chi connectivity index (χ1n) is 4.85. The number of nitrogens with zero attached hydrogens (tertiary/aromatic N) is 1. The topological polar surface area (TPSA) is 87.8 Å². The van der Waals surface area contributed by atoms with Crippen LogP contribution >= 0.6 is 0 Å². The average molecular weight is 221 g/mol. The highest BCUT2D eigenvalue weighted by atomic mass is 16.5. The van der Waals surface area contributed by atoms with Crippen LogP contribution in [0.2, 0.25) is 0 Å². The van der Waals surface area contributed by atoms with E-state index < -0.39 is 5.97 Å². The van der Waals surface area contributed by atoms with Crippen molar-refractivity contribution in [3.63, 3.8) is 0 Å². The van der Waals surface area contributed by atoms with E-state index in [2.05, 4.69) is 15.0 Å². The van der Waals surface area contributed by atoms with Crippen molar-refractivity contribution in [1.82, 2.24) is 15.0 Å². The molecule has 0 radical (unpaired) electrons. The van der Waals surface area contributed by atoms with Crippen LogP contribution in [0.3, 0.4) is 0 Å². The summed E-state index contributed by atoms with van der Waals surface area (Å²) in [6, 6.07) is 1.44. The first-order chi connectivity index (χ1) is 7.58. The Labute approximate surface area is 90.7 Å². The zero-order valence-electron chi connectivity index (χ0n) is 8.90. The molecule has 2 N–H and O–H groups in total. The zero-order chi connectivity index (χ0) is 11.7. The molecule has 0 bridgehead atoms. The van der Waals surface area contributed by atoms with Crippen LogP contribution in [0, 0.1) is 0 Å². The summed E-state index contributed by atoms with van der Waals surface area (Å²) in [6.45, 7) is 3.51. The van der Waals surface area contributed by atoms with E-state index in [0.29, 0.717) is 11.0 Å². The summed E-state index contributed by atoms with van der Waals surface area (Å²) < 4.78 is 5.00. The number of aromatic nitrogens is 3. The summed E-state index contributed by atoms with van der Waals surface area (Å²) in [6.07, 6.45) is 1.07. The van der Waals surface area contributed by atoms with Crippen molar-refractivity contribution in [1.29, 1.82) is 0 Å². The van der Waals surface area contributed by atoms with Gasteiger partial charge in [0, 0.05) is 0 Å². The van der Waals surface area contributed by atoms with E-state index in [9.17, 15) is 9.59 Å². The molecule has 16 heavy (non-hydrogen) atoms. The highest BCUT2D eigenvalue weighted by Gasteiger charge is 2.14. The fourth-order valence-electron chi connectivity index (χ4n) is 1.34. The van der Waals surface area contributed by atoms with Gasteiger partial charge in [-0.05, 0) is 19.9 Å². The molecule has 0 aromatic carbocycles. The summed E-state index contributed by atoms with van der Waals surface area (Å²) >= 11 is 0. The summed E-state index contributed by atoms with van der Waals surface area (Å²) in [5.41, 5.74) is 0.317. The van der Waals surface area contributed by atoms with Gasteiger partial charge in [0.05, 0.1) is 17.8 Å². The van der Waals surface area contributed by atoms with Crippen LogP contribution in [-0.4, -0.2) is 27.0 Å². The lowest BCUT2D eigenvalue weighted by molar-refractivity contribution is 0.0372. The van der Waals surface area contributed by atoms with Crippen LogP contribution in [0.15, 0.2) is 17.2 Å². The zero-order valence-corrected chi connectivity index (χ0v) is 8.90. The number of hydrogen-bond acceptors (Lipinski definition) is 4. The Morgan fingerprint density at radius 2 is 2.25 bits per heavy atom. The van der Waals surface area contributed by atoms with Crippen molar-refractivity contribution in [2.75, 3.05) is 0 Å². The van der Waals surface area contributed by atoms with Gasteiger partial charge in [-0.2, -0.15) is 0 Å². The third kappa shape index (κ3) is 1.81. The van der Waals surface area contributed by atoms with Crippen LogP contribution in [0.4, 0.5) is 0 Å². The first kappa shape index (κ1) is 10.4. The molecular weight excluding hydrogens is 210 g/mol. The monoisotopic (exact) mass is 221 g/mol. The summed E-state index contributed by atoms with van der Waals surface area (Å²) in [5.74, 6) is -0.493. The Hall–Kier alpha value is -2.11. The van der Waals surface area contributed by atoms with Gasteiger partial charge in [-0.25, -0.2) is 9.78 Å². The molecule has 2 aromatic heterocycles. The second-order valence-corrected chi connectivity index (χ2v) is 3.63. The van der Waals surface area contributed by atoms with Crippen LogP contribution in [0.25, 0.3) is 11.0 Å². The molecule has 0 aliphatic rings. The first-order valence-corrected chi connectivity index (χ1v) is 4.85. The second-order valence-electron chi connectivity index (χ2n) is 3.63. The largest absolute Gasteiger partial charge is 0.458 e. The highest BCUT2D eigenvalue weighted by Crippen LogP contribution is 2.09. The van der Waals surface area contributed by atoms with Crippen LogP contribution in [0.5, 0.6) is 0 Å². The Bertz CT molecular complexity index is 582. The molecule has 0 fully saturated rings. The minimum Gasteiger partial charge on any atom is -0.458 e. The van der Waals surface area contributed by atoms with Gasteiger partial charge < -0.3 is 14.7 Å². The molecule has 0 aliphatic carbocycles. The summed E-state index contributed by atoms with van der Waals surface area (Å²) in [4.78, 5) is 32.0. The molecule has 0 amide bonds. The predicted octanol–water partition coefficient (Wildman–Crippen LogP) is 0.816. The van der Waals surface area contributed by atoms with Gasteiger partial charge in [0.1, 0.15) is 11.3 Å². The molecule has 84 valence electrons. The van der Waals surface area contributed by atoms with Gasteiger partial charge in [-0.3, -0.25) is 4.79 Å². The van der Waals surface area contributed by atoms with Gasteiger partial charge in [-0.15, -0.1) is 0 Å². The minimum atomic E-state index is -0.493. The van der Waals surface area contributed by atoms with E-state index in [1.807, 2.05) is 0 Å². The summed E-state index contributed by atoms with van der Waals surface area (Å²) in [5, 5.41) is 0.346. The lowest BCUT2D eigenvalue weighted by Gasteiger charge is -2.05. The minimum absolute atomic E-state index is 0.204. The quantitative estimate of drug-likeness (QED) is 0.735. The molecule has 2 aromatic rings. The van der Waals surface area contributed by atoms with Crippen molar-refractivity contribution in [2.45, 2.75) is 20.0 Å². The maximum absolute atomic E-state index is 11.5. The molecule has 6 nitrogen and oxygen atoms in total. The number of aromatic amines is 2. The molecule has 6 heteroatoms. The lowest BCUT2D eigenvalue weighted by atomic mass is 10.3. The molecule has 0 unspecified atom stereocenters. The van der Waals surface area contributed by atoms with E-state index in [1.165, 1.54) is 12.4 Å². The van der Waals surface area contributed by atoms with Gasteiger partial charge in [0.15, 0.2) is 0 Å². The lowest BCUT2D eigenvalue weighted by Crippen LogP contribution is -2.11. The van der Waals surface area contributed by atoms with Crippen LogP contribution in [0.1, 0.15) is 24.3 Å². The molecule has 2 rings (SSSR count). The fraction of sp³-hybridized carbons (Fsp3) is 0.300. The van der Waals surface area contributed by atoms with Gasteiger partial charge in [0.2, 0.25) is 0 Å². The number of esters is 1. The number of carbonyl (C=O) groups excluding carboxylic acids is 1. The Morgan fingerprint density at radius 3 is 2.88 bits per heavy atom. The van der Waals surface area contributed by atoms with Gasteiger partial charge in [0.25, 0.3) is 5.56 Å². The van der Waals surface area contributed by atoms with Gasteiger partial charge >= 0.3 is 5.97 Å². The van der Waals surface area contributed by atoms with E-state index in [-0.39, 0.29) is 17.4 Å². The SMILES string of the molecule is CC(C)OC(=O)c1cc2c(=O)[nH]cnc2[nH]1. The van der Waals surface area contributed by atoms with Gasteiger partial charge in [-0.1, -0.05) is 0 Å². The maximum Gasteiger partial charge on any atom is 0.355 e. The third-order valence-corrected chi connectivity index (χ3v) is 1.99. The molecule has 2 heterocycles. The number of nitrogens with one attached hydrogen (secondary N) is 2. The van der Waals surface area contributed by atoms with Crippen molar-refractivity contribution in [2.24, 2.45) is 0 Å². The summed E-state index contributed by atoms with van der Waals surface area (Å²) in [7, 11) is 0. The molecule has 0 spiro atoms. The van der Waals surface area contributed by atoms with Crippen molar-refractivity contribution < 1.29 is 9.53 Å². The number of H-pyrrole nitrogens is 2. The third-order valence-electron chi connectivity index (χ3n) is 1.99. The smallest absolute Gasteiger partial charge is 0.355 e. The standard InChI is InChI=1S/C10H11N3O3/c1-5(2)16-10(15)7-3-6-8(13-7)11-4-12-9(6)14/h3-5H,1-2H3,(H2,11,12,13,14). The molecular formula is C10H11N3O3. The van der Waals surface area contributed by atoms with Crippen molar-refractivity contribution in [3.05, 3.63) is 28.4 Å². The molecule has 0 saturated heterocycles. The molecule has 0 aliphatic heterocycles. The molecule has 0 atom stereocenters. The van der Waals surface area contributed by atoms with E-state index in [1.54, 1.807) is 13.8 Å². The number of carbonyl (C=O) groups is 1. The van der Waals surface area contributed by atoms with Crippen LogP contribution < -0.4 is 5.56 Å². The van der Waals surface area contributed by atoms with E-state index in [0.717, 1.165) is 0 Å².